The van der Waals surface area contributed by atoms with Crippen molar-refractivity contribution in [1.82, 2.24) is 5.32 Å². The van der Waals surface area contributed by atoms with Crippen LogP contribution < -0.4 is 5.32 Å². The predicted octanol–water partition coefficient (Wildman–Crippen LogP) is 1.57. The third-order valence-electron chi connectivity index (χ3n) is 3.38. The summed E-state index contributed by atoms with van der Waals surface area (Å²) in [5, 5.41) is 3.16. The van der Waals surface area contributed by atoms with Crippen molar-refractivity contribution in [2.75, 3.05) is 14.2 Å². The fraction of sp³-hybridized carbons (Fsp3) is 0.909. The number of methoxy groups -OCH3 is 1. The van der Waals surface area contributed by atoms with Gasteiger partial charge < -0.3 is 10.1 Å². The zero-order valence-corrected chi connectivity index (χ0v) is 9.38. The first-order valence-corrected chi connectivity index (χ1v) is 5.45. The van der Waals surface area contributed by atoms with Gasteiger partial charge in [-0.05, 0) is 32.7 Å². The molecule has 0 bridgehead atoms. The minimum atomic E-state index is -0.0567. The molecule has 3 nitrogen and oxygen atoms in total. The van der Waals surface area contributed by atoms with Gasteiger partial charge in [0.25, 0.3) is 0 Å². The predicted molar refractivity (Wildman–Crippen MR) is 56.0 cm³/mol. The minimum Gasteiger partial charge on any atom is -0.469 e. The first-order chi connectivity index (χ1) is 6.70. The summed E-state index contributed by atoms with van der Waals surface area (Å²) in [4.78, 5) is 11.6. The van der Waals surface area contributed by atoms with E-state index in [1.807, 2.05) is 7.05 Å². The average molecular weight is 199 g/mol. The Morgan fingerprint density at radius 3 is 2.43 bits per heavy atom. The maximum absolute atomic E-state index is 11.6. The number of carbonyl (C=O) groups excluding carboxylic acids is 1. The zero-order valence-electron chi connectivity index (χ0n) is 9.38. The molecule has 1 saturated carbocycles. The molecule has 1 aliphatic rings. The highest BCUT2D eigenvalue weighted by Gasteiger charge is 2.34. The van der Waals surface area contributed by atoms with Gasteiger partial charge in [-0.15, -0.1) is 0 Å². The second kappa shape index (κ2) is 5.35. The van der Waals surface area contributed by atoms with E-state index in [1.54, 1.807) is 0 Å². The van der Waals surface area contributed by atoms with Crippen LogP contribution in [0.1, 0.15) is 32.6 Å². The van der Waals surface area contributed by atoms with Gasteiger partial charge in [-0.2, -0.15) is 0 Å². The zero-order chi connectivity index (χ0) is 10.6. The Morgan fingerprint density at radius 2 is 2.00 bits per heavy atom. The Kier molecular flexibility index (Phi) is 4.39. The number of ether oxygens (including phenoxy) is 1. The monoisotopic (exact) mass is 199 g/mol. The van der Waals surface area contributed by atoms with Crippen molar-refractivity contribution < 1.29 is 9.53 Å². The summed E-state index contributed by atoms with van der Waals surface area (Å²) < 4.78 is 4.87. The van der Waals surface area contributed by atoms with Crippen LogP contribution in [0.3, 0.4) is 0 Å². The van der Waals surface area contributed by atoms with Gasteiger partial charge in [0, 0.05) is 6.04 Å². The van der Waals surface area contributed by atoms with Crippen molar-refractivity contribution in [2.24, 2.45) is 11.8 Å². The lowest BCUT2D eigenvalue weighted by Crippen LogP contribution is -2.40. The molecule has 0 heterocycles. The molecular formula is C11H21NO2. The maximum Gasteiger partial charge on any atom is 0.310 e. The van der Waals surface area contributed by atoms with E-state index in [1.165, 1.54) is 32.8 Å². The Bertz CT molecular complexity index is 188. The Labute approximate surface area is 86.2 Å². The molecule has 2 atom stereocenters. The van der Waals surface area contributed by atoms with Crippen molar-refractivity contribution in [3.05, 3.63) is 0 Å². The van der Waals surface area contributed by atoms with E-state index >= 15 is 0 Å². The number of carbonyl (C=O) groups is 1. The summed E-state index contributed by atoms with van der Waals surface area (Å²) in [5.41, 5.74) is 0. The molecule has 0 amide bonds. The van der Waals surface area contributed by atoms with E-state index < -0.39 is 0 Å². The molecule has 0 radical (unpaired) electrons. The molecule has 0 aromatic heterocycles. The number of nitrogens with one attached hydrogen (secondary N) is 1. The SMILES string of the molecule is CNC(C)C(C(=O)OC)C1CCCC1. The molecule has 0 aromatic carbocycles. The van der Waals surface area contributed by atoms with Gasteiger partial charge in [0.2, 0.25) is 0 Å². The molecule has 1 rings (SSSR count). The van der Waals surface area contributed by atoms with Crippen LogP contribution >= 0.6 is 0 Å². The normalized spacial score (nSPS) is 21.9. The maximum atomic E-state index is 11.6. The van der Waals surface area contributed by atoms with E-state index in [-0.39, 0.29) is 17.9 Å². The van der Waals surface area contributed by atoms with E-state index in [0.717, 1.165) is 0 Å². The second-order valence-corrected chi connectivity index (χ2v) is 4.17. The van der Waals surface area contributed by atoms with Crippen LogP contribution in [0.25, 0.3) is 0 Å². The van der Waals surface area contributed by atoms with E-state index in [9.17, 15) is 4.79 Å². The van der Waals surface area contributed by atoms with Gasteiger partial charge in [-0.1, -0.05) is 12.8 Å². The summed E-state index contributed by atoms with van der Waals surface area (Å²) >= 11 is 0. The molecule has 1 aliphatic carbocycles. The fourth-order valence-corrected chi connectivity index (χ4v) is 2.44. The third-order valence-corrected chi connectivity index (χ3v) is 3.38. The second-order valence-electron chi connectivity index (χ2n) is 4.17. The smallest absolute Gasteiger partial charge is 0.310 e. The topological polar surface area (TPSA) is 38.3 Å². The average Bonchev–Trinajstić information content (AvgIpc) is 2.70. The van der Waals surface area contributed by atoms with Gasteiger partial charge in [0.1, 0.15) is 0 Å². The van der Waals surface area contributed by atoms with Crippen LogP contribution in [-0.2, 0) is 9.53 Å². The Balaban J connectivity index is 2.64. The van der Waals surface area contributed by atoms with Crippen LogP contribution in [0.5, 0.6) is 0 Å². The standard InChI is InChI=1S/C11H21NO2/c1-8(12-2)10(11(13)14-3)9-6-4-5-7-9/h8-10,12H,4-7H2,1-3H3. The molecule has 2 unspecified atom stereocenters. The van der Waals surface area contributed by atoms with E-state index in [4.69, 9.17) is 4.74 Å². The lowest BCUT2D eigenvalue weighted by atomic mass is 9.85. The highest BCUT2D eigenvalue weighted by atomic mass is 16.5. The molecule has 3 heteroatoms. The van der Waals surface area contributed by atoms with Crippen LogP contribution in [0, 0.1) is 11.8 Å². The minimum absolute atomic E-state index is 0.0347. The van der Waals surface area contributed by atoms with E-state index in [2.05, 4.69) is 12.2 Å². The molecule has 14 heavy (non-hydrogen) atoms. The van der Waals surface area contributed by atoms with Gasteiger partial charge in [-0.25, -0.2) is 0 Å². The summed E-state index contributed by atoms with van der Waals surface area (Å²) in [6.45, 7) is 2.06. The van der Waals surface area contributed by atoms with Gasteiger partial charge in [-0.3, -0.25) is 4.79 Å². The third kappa shape index (κ3) is 2.47. The highest BCUT2D eigenvalue weighted by molar-refractivity contribution is 5.73. The van der Waals surface area contributed by atoms with Crippen LogP contribution in [0.2, 0.25) is 0 Å². The molecule has 0 saturated heterocycles. The number of hydrogen-bond donors (Lipinski definition) is 1. The number of esters is 1. The van der Waals surface area contributed by atoms with Crippen molar-refractivity contribution in [2.45, 2.75) is 38.6 Å². The highest BCUT2D eigenvalue weighted by Crippen LogP contribution is 2.33. The van der Waals surface area contributed by atoms with Crippen molar-refractivity contribution >= 4 is 5.97 Å². The molecule has 1 N–H and O–H groups in total. The lowest BCUT2D eigenvalue weighted by molar-refractivity contribution is -0.148. The van der Waals surface area contributed by atoms with Crippen molar-refractivity contribution in [3.63, 3.8) is 0 Å². The van der Waals surface area contributed by atoms with Gasteiger partial charge >= 0.3 is 5.97 Å². The summed E-state index contributed by atoms with van der Waals surface area (Å²) in [6.07, 6.45) is 4.86. The molecule has 0 aromatic rings. The van der Waals surface area contributed by atoms with Crippen molar-refractivity contribution in [3.8, 4) is 0 Å². The molecular weight excluding hydrogens is 178 g/mol. The largest absolute Gasteiger partial charge is 0.469 e. The van der Waals surface area contributed by atoms with Crippen LogP contribution in [0.4, 0.5) is 0 Å². The van der Waals surface area contributed by atoms with Crippen LogP contribution in [0.15, 0.2) is 0 Å². The summed E-state index contributed by atoms with van der Waals surface area (Å²) in [5.74, 6) is 0.496. The first-order valence-electron chi connectivity index (χ1n) is 5.45. The molecule has 82 valence electrons. The molecule has 0 spiro atoms. The Hall–Kier alpha value is -0.570. The molecule has 0 aliphatic heterocycles. The summed E-state index contributed by atoms with van der Waals surface area (Å²) in [7, 11) is 3.38. The fourth-order valence-electron chi connectivity index (χ4n) is 2.44. The number of rotatable bonds is 4. The Morgan fingerprint density at radius 1 is 1.43 bits per heavy atom. The van der Waals surface area contributed by atoms with Gasteiger partial charge in [0.15, 0.2) is 0 Å². The van der Waals surface area contributed by atoms with Crippen LogP contribution in [-0.4, -0.2) is 26.2 Å². The van der Waals surface area contributed by atoms with E-state index in [0.29, 0.717) is 5.92 Å². The summed E-state index contributed by atoms with van der Waals surface area (Å²) in [6, 6.07) is 0.213. The first kappa shape index (κ1) is 11.5. The van der Waals surface area contributed by atoms with Gasteiger partial charge in [0.05, 0.1) is 13.0 Å². The molecule has 1 fully saturated rings. The number of hydrogen-bond acceptors (Lipinski definition) is 3. The van der Waals surface area contributed by atoms with Crippen molar-refractivity contribution in [1.29, 1.82) is 0 Å². The quantitative estimate of drug-likeness (QED) is 0.698. The lowest BCUT2D eigenvalue weighted by Gasteiger charge is -2.26.